The lowest BCUT2D eigenvalue weighted by atomic mass is 10.1. The van der Waals surface area contributed by atoms with Gasteiger partial charge in [-0.25, -0.2) is 4.39 Å². The molecule has 2 aromatic carbocycles. The lowest BCUT2D eigenvalue weighted by molar-refractivity contribution is -0.127. The van der Waals surface area contributed by atoms with E-state index in [-0.39, 0.29) is 18.0 Å². The number of hydrogen-bond acceptors (Lipinski definition) is 3. The zero-order valence-corrected chi connectivity index (χ0v) is 13.9. The Morgan fingerprint density at radius 1 is 1.20 bits per heavy atom. The molecule has 0 bridgehead atoms. The second-order valence-electron chi connectivity index (χ2n) is 5.76. The average Bonchev–Trinajstić information content (AvgIpc) is 2.65. The van der Waals surface area contributed by atoms with Crippen molar-refractivity contribution in [1.82, 2.24) is 5.32 Å². The molecule has 3 rings (SSSR count). The summed E-state index contributed by atoms with van der Waals surface area (Å²) in [5.74, 6) is -0.955. The molecule has 1 aliphatic rings. The fourth-order valence-electron chi connectivity index (χ4n) is 2.71. The molecule has 0 fully saturated rings. The molecule has 0 saturated carbocycles. The highest BCUT2D eigenvalue weighted by Crippen LogP contribution is 2.34. The summed E-state index contributed by atoms with van der Waals surface area (Å²) in [7, 11) is 0. The van der Waals surface area contributed by atoms with Crippen LogP contribution in [-0.2, 0) is 4.79 Å². The first-order valence-electron chi connectivity index (χ1n) is 8.21. The van der Waals surface area contributed by atoms with E-state index in [1.165, 1.54) is 23.1 Å². The van der Waals surface area contributed by atoms with Gasteiger partial charge in [0.2, 0.25) is 0 Å². The molecule has 0 saturated heterocycles. The molecule has 0 aliphatic carbocycles. The summed E-state index contributed by atoms with van der Waals surface area (Å²) in [6, 6.07) is 12.7. The molecule has 1 heterocycles. The first kappa shape index (κ1) is 17.0. The molecular formula is C19H19FN2O3. The number of nitrogens with zero attached hydrogens (tertiary/aromatic N) is 1. The summed E-state index contributed by atoms with van der Waals surface area (Å²) in [6.45, 7) is 2.51. The average molecular weight is 342 g/mol. The van der Waals surface area contributed by atoms with E-state index >= 15 is 0 Å². The van der Waals surface area contributed by atoms with Gasteiger partial charge in [-0.2, -0.15) is 0 Å². The minimum absolute atomic E-state index is 0.0275. The Hall–Kier alpha value is -2.89. The Labute approximate surface area is 145 Å². The van der Waals surface area contributed by atoms with Crippen LogP contribution in [0, 0.1) is 5.82 Å². The smallest absolute Gasteiger partial charge is 0.262 e. The van der Waals surface area contributed by atoms with Crippen LogP contribution in [0.3, 0.4) is 0 Å². The maximum Gasteiger partial charge on any atom is 0.262 e. The number of ether oxygens (including phenoxy) is 1. The topological polar surface area (TPSA) is 58.6 Å². The minimum atomic E-state index is -0.836. The van der Waals surface area contributed by atoms with Crippen LogP contribution in [0.25, 0.3) is 0 Å². The maximum absolute atomic E-state index is 14.0. The largest absolute Gasteiger partial charge is 0.477 e. The zero-order valence-electron chi connectivity index (χ0n) is 13.9. The van der Waals surface area contributed by atoms with Gasteiger partial charge in [0.15, 0.2) is 6.10 Å². The highest BCUT2D eigenvalue weighted by Gasteiger charge is 2.34. The number of halogens is 1. The van der Waals surface area contributed by atoms with Gasteiger partial charge in [0.05, 0.1) is 17.8 Å². The number of carbonyl (C=O) groups is 2. The fourth-order valence-corrected chi connectivity index (χ4v) is 2.71. The first-order chi connectivity index (χ1) is 12.1. The van der Waals surface area contributed by atoms with Crippen molar-refractivity contribution in [3.63, 3.8) is 0 Å². The number of rotatable bonds is 4. The molecule has 5 nitrogen and oxygen atoms in total. The Kier molecular flexibility index (Phi) is 4.97. The van der Waals surface area contributed by atoms with E-state index in [9.17, 15) is 14.0 Å². The number of benzene rings is 2. The summed E-state index contributed by atoms with van der Waals surface area (Å²) in [5.41, 5.74) is 0.488. The number of fused-ring (bicyclic) bond motifs is 1. The van der Waals surface area contributed by atoms with Gasteiger partial charge in [-0.1, -0.05) is 31.2 Å². The quantitative estimate of drug-likeness (QED) is 0.929. The van der Waals surface area contributed by atoms with Crippen molar-refractivity contribution in [2.24, 2.45) is 0 Å². The van der Waals surface area contributed by atoms with Gasteiger partial charge in [-0.3, -0.25) is 9.59 Å². The normalized spacial score (nSPS) is 15.9. The van der Waals surface area contributed by atoms with Gasteiger partial charge in [0.25, 0.3) is 11.8 Å². The van der Waals surface area contributed by atoms with Crippen LogP contribution in [0.1, 0.15) is 23.7 Å². The second-order valence-corrected chi connectivity index (χ2v) is 5.76. The van der Waals surface area contributed by atoms with Crippen LogP contribution < -0.4 is 15.0 Å². The summed E-state index contributed by atoms with van der Waals surface area (Å²) in [6.07, 6.45) is -0.0374. The van der Waals surface area contributed by atoms with E-state index in [1.54, 1.807) is 30.3 Å². The molecule has 0 aromatic heterocycles. The number of para-hydroxylation sites is 2. The Balaban J connectivity index is 1.93. The molecule has 0 radical (unpaired) electrons. The number of hydrogen-bond donors (Lipinski definition) is 1. The third kappa shape index (κ3) is 3.47. The summed E-state index contributed by atoms with van der Waals surface area (Å²) >= 11 is 0. The fraction of sp³-hybridized carbons (Fsp3) is 0.263. The van der Waals surface area contributed by atoms with Gasteiger partial charge >= 0.3 is 0 Å². The molecule has 2 amide bonds. The van der Waals surface area contributed by atoms with Crippen molar-refractivity contribution in [3.8, 4) is 5.75 Å². The molecule has 6 heteroatoms. The number of carbonyl (C=O) groups excluding carboxylic acids is 2. The van der Waals surface area contributed by atoms with Crippen molar-refractivity contribution in [2.75, 3.05) is 18.0 Å². The maximum atomic E-state index is 14.0. The molecule has 1 N–H and O–H groups in total. The SMILES string of the molecule is CCCNC(=O)[C@H]1CN(C(=O)c2ccccc2F)c2ccccc2O1. The molecule has 1 aliphatic heterocycles. The number of anilines is 1. The van der Waals surface area contributed by atoms with Crippen molar-refractivity contribution < 1.29 is 18.7 Å². The van der Waals surface area contributed by atoms with Crippen molar-refractivity contribution in [2.45, 2.75) is 19.4 Å². The summed E-state index contributed by atoms with van der Waals surface area (Å²) in [5, 5.41) is 2.77. The molecule has 25 heavy (non-hydrogen) atoms. The van der Waals surface area contributed by atoms with Crippen LogP contribution in [0.5, 0.6) is 5.75 Å². The van der Waals surface area contributed by atoms with E-state index in [0.29, 0.717) is 18.0 Å². The van der Waals surface area contributed by atoms with Crippen molar-refractivity contribution >= 4 is 17.5 Å². The van der Waals surface area contributed by atoms with Crippen LogP contribution >= 0.6 is 0 Å². The van der Waals surface area contributed by atoms with E-state index in [0.717, 1.165) is 6.42 Å². The lowest BCUT2D eigenvalue weighted by Gasteiger charge is -2.34. The van der Waals surface area contributed by atoms with E-state index in [1.807, 2.05) is 6.92 Å². The lowest BCUT2D eigenvalue weighted by Crippen LogP contribution is -2.51. The molecule has 0 spiro atoms. The predicted molar refractivity (Wildman–Crippen MR) is 92.2 cm³/mol. The van der Waals surface area contributed by atoms with Crippen LogP contribution in [0.2, 0.25) is 0 Å². The van der Waals surface area contributed by atoms with Gasteiger partial charge in [-0.15, -0.1) is 0 Å². The Morgan fingerprint density at radius 3 is 2.68 bits per heavy atom. The van der Waals surface area contributed by atoms with Crippen molar-refractivity contribution in [1.29, 1.82) is 0 Å². The molecular weight excluding hydrogens is 323 g/mol. The zero-order chi connectivity index (χ0) is 17.8. The number of amides is 2. The van der Waals surface area contributed by atoms with Gasteiger partial charge in [0, 0.05) is 6.54 Å². The molecule has 0 unspecified atom stereocenters. The van der Waals surface area contributed by atoms with Crippen LogP contribution in [-0.4, -0.2) is 31.0 Å². The minimum Gasteiger partial charge on any atom is -0.477 e. The molecule has 2 aromatic rings. The highest BCUT2D eigenvalue weighted by molar-refractivity contribution is 6.08. The Morgan fingerprint density at radius 2 is 1.92 bits per heavy atom. The summed E-state index contributed by atoms with van der Waals surface area (Å²) < 4.78 is 19.8. The van der Waals surface area contributed by atoms with Gasteiger partial charge in [-0.05, 0) is 30.7 Å². The molecule has 130 valence electrons. The van der Waals surface area contributed by atoms with Crippen LogP contribution in [0.4, 0.5) is 10.1 Å². The third-order valence-electron chi connectivity index (χ3n) is 3.96. The second kappa shape index (κ2) is 7.34. The van der Waals surface area contributed by atoms with Crippen molar-refractivity contribution in [3.05, 3.63) is 59.9 Å². The monoisotopic (exact) mass is 342 g/mol. The number of nitrogens with one attached hydrogen (secondary N) is 1. The van der Waals surface area contributed by atoms with Gasteiger partial charge < -0.3 is 15.0 Å². The first-order valence-corrected chi connectivity index (χ1v) is 8.21. The standard InChI is InChI=1S/C19H19FN2O3/c1-2-11-21-18(23)17-12-22(15-9-5-6-10-16(15)25-17)19(24)13-7-3-4-8-14(13)20/h3-10,17H,2,11-12H2,1H3,(H,21,23)/t17-/m1/s1. The van der Waals surface area contributed by atoms with Crippen LogP contribution in [0.15, 0.2) is 48.5 Å². The van der Waals surface area contributed by atoms with E-state index in [4.69, 9.17) is 4.74 Å². The molecule has 1 atom stereocenters. The third-order valence-corrected chi connectivity index (χ3v) is 3.96. The van der Waals surface area contributed by atoms with E-state index in [2.05, 4.69) is 5.32 Å². The highest BCUT2D eigenvalue weighted by atomic mass is 19.1. The van der Waals surface area contributed by atoms with E-state index < -0.39 is 17.8 Å². The van der Waals surface area contributed by atoms with Gasteiger partial charge in [0.1, 0.15) is 11.6 Å². The summed E-state index contributed by atoms with van der Waals surface area (Å²) in [4.78, 5) is 26.6. The predicted octanol–water partition coefficient (Wildman–Crippen LogP) is 2.76. The Bertz CT molecular complexity index is 794.